The quantitative estimate of drug-likeness (QED) is 0.166. The highest BCUT2D eigenvalue weighted by Gasteiger charge is 2.17. The molecular weight excluding hydrogens is 515 g/mol. The van der Waals surface area contributed by atoms with E-state index < -0.39 is 16.2 Å². The summed E-state index contributed by atoms with van der Waals surface area (Å²) in [5.74, 6) is 0.820. The highest BCUT2D eigenvalue weighted by Crippen LogP contribution is 2.29. The predicted octanol–water partition coefficient (Wildman–Crippen LogP) is 5.49. The monoisotopic (exact) mass is 534 g/mol. The van der Waals surface area contributed by atoms with Crippen molar-refractivity contribution >= 4 is 39.0 Å². The molecule has 0 radical (unpaired) electrons. The number of rotatable bonds is 8. The summed E-state index contributed by atoms with van der Waals surface area (Å²) < 4.78 is 36.9. The number of hydrogen-bond donors (Lipinski definition) is 0. The van der Waals surface area contributed by atoms with Gasteiger partial charge in [-0.15, -0.1) is 0 Å². The Morgan fingerprint density at radius 2 is 1.67 bits per heavy atom. The molecule has 0 aromatic heterocycles. The van der Waals surface area contributed by atoms with E-state index in [1.807, 2.05) is 6.92 Å². The van der Waals surface area contributed by atoms with Crippen molar-refractivity contribution in [3.05, 3.63) is 99.6 Å². The van der Waals surface area contributed by atoms with Crippen LogP contribution >= 0.6 is 22.6 Å². The van der Waals surface area contributed by atoms with E-state index in [2.05, 4.69) is 29.2 Å². The second-order valence-electron chi connectivity index (χ2n) is 6.50. The summed E-state index contributed by atoms with van der Waals surface area (Å²) in [4.78, 5) is 11.0. The standard InChI is InChI=1S/C23H19IO5S/c1-3-22(28-23-13-6-17(15-25)14-21(23)24)18-7-9-19(10-8-18)29-30(26,27)20-11-4-16(2)5-12-20/h3-15,22H,1H2,2H3/t22-/m1/s1. The number of benzene rings is 3. The average molecular weight is 534 g/mol. The van der Waals surface area contributed by atoms with Gasteiger partial charge in [0.05, 0.1) is 3.57 Å². The molecule has 0 fully saturated rings. The number of hydrogen-bond acceptors (Lipinski definition) is 5. The molecule has 0 spiro atoms. The van der Waals surface area contributed by atoms with E-state index in [-0.39, 0.29) is 10.6 Å². The molecule has 0 aliphatic heterocycles. The molecule has 1 atom stereocenters. The second kappa shape index (κ2) is 9.44. The van der Waals surface area contributed by atoms with Crippen LogP contribution < -0.4 is 8.92 Å². The lowest BCUT2D eigenvalue weighted by atomic mass is 10.1. The van der Waals surface area contributed by atoms with Gasteiger partial charge < -0.3 is 8.92 Å². The van der Waals surface area contributed by atoms with Crippen LogP contribution in [0.1, 0.15) is 27.6 Å². The molecule has 154 valence electrons. The topological polar surface area (TPSA) is 69.7 Å². The van der Waals surface area contributed by atoms with Gasteiger partial charge in [0, 0.05) is 5.56 Å². The van der Waals surface area contributed by atoms with Gasteiger partial charge in [-0.25, -0.2) is 0 Å². The van der Waals surface area contributed by atoms with Crippen LogP contribution in [0, 0.1) is 10.5 Å². The van der Waals surface area contributed by atoms with Crippen LogP contribution in [0.4, 0.5) is 0 Å². The van der Waals surface area contributed by atoms with Crippen LogP contribution in [0.25, 0.3) is 0 Å². The largest absolute Gasteiger partial charge is 0.481 e. The fraction of sp³-hybridized carbons (Fsp3) is 0.0870. The summed E-state index contributed by atoms with van der Waals surface area (Å²) in [7, 11) is -3.91. The lowest BCUT2D eigenvalue weighted by Crippen LogP contribution is -2.10. The second-order valence-corrected chi connectivity index (χ2v) is 9.21. The van der Waals surface area contributed by atoms with Crippen molar-refractivity contribution in [1.29, 1.82) is 0 Å². The third-order valence-corrected chi connectivity index (χ3v) is 6.39. The predicted molar refractivity (Wildman–Crippen MR) is 124 cm³/mol. The van der Waals surface area contributed by atoms with Crippen LogP contribution in [-0.2, 0) is 10.1 Å². The van der Waals surface area contributed by atoms with Gasteiger partial charge in [-0.2, -0.15) is 8.42 Å². The zero-order valence-electron chi connectivity index (χ0n) is 16.1. The third kappa shape index (κ3) is 5.28. The molecule has 0 saturated heterocycles. The smallest absolute Gasteiger partial charge is 0.339 e. The first-order chi connectivity index (χ1) is 14.3. The molecule has 0 heterocycles. The summed E-state index contributed by atoms with van der Waals surface area (Å²) in [5.41, 5.74) is 2.31. The van der Waals surface area contributed by atoms with Gasteiger partial charge in [0.1, 0.15) is 28.8 Å². The molecule has 5 nitrogen and oxygen atoms in total. The molecule has 0 saturated carbocycles. The summed E-state index contributed by atoms with van der Waals surface area (Å²) in [6, 6.07) is 18.2. The molecule has 0 amide bonds. The Hall–Kier alpha value is -2.65. The minimum atomic E-state index is -3.91. The highest BCUT2D eigenvalue weighted by molar-refractivity contribution is 14.1. The highest BCUT2D eigenvalue weighted by atomic mass is 127. The Labute approximate surface area is 189 Å². The Morgan fingerprint density at radius 1 is 1.00 bits per heavy atom. The zero-order chi connectivity index (χ0) is 21.7. The number of aryl methyl sites for hydroxylation is 1. The maximum absolute atomic E-state index is 12.4. The van der Waals surface area contributed by atoms with E-state index in [1.165, 1.54) is 12.1 Å². The maximum atomic E-state index is 12.4. The fourth-order valence-corrected chi connectivity index (χ4v) is 4.26. The molecular formula is C23H19IO5S. The van der Waals surface area contributed by atoms with Crippen molar-refractivity contribution in [1.82, 2.24) is 0 Å². The van der Waals surface area contributed by atoms with Crippen molar-refractivity contribution < 1.29 is 22.1 Å². The van der Waals surface area contributed by atoms with Crippen molar-refractivity contribution in [2.45, 2.75) is 17.9 Å². The van der Waals surface area contributed by atoms with Gasteiger partial charge in [-0.1, -0.05) is 36.4 Å². The summed E-state index contributed by atoms with van der Waals surface area (Å²) in [6.07, 6.45) is 1.96. The van der Waals surface area contributed by atoms with Gasteiger partial charge in [0.25, 0.3) is 0 Å². The van der Waals surface area contributed by atoms with Crippen LogP contribution in [0.5, 0.6) is 11.5 Å². The Balaban J connectivity index is 1.75. The summed E-state index contributed by atoms with van der Waals surface area (Å²) in [6.45, 7) is 5.70. The van der Waals surface area contributed by atoms with Crippen LogP contribution in [0.2, 0.25) is 0 Å². The molecule has 30 heavy (non-hydrogen) atoms. The molecule has 0 aliphatic carbocycles. The summed E-state index contributed by atoms with van der Waals surface area (Å²) >= 11 is 2.10. The Bertz CT molecular complexity index is 1150. The number of ether oxygens (including phenoxy) is 1. The fourth-order valence-electron chi connectivity index (χ4n) is 2.67. The average Bonchev–Trinajstić information content (AvgIpc) is 2.73. The number of halogens is 1. The summed E-state index contributed by atoms with van der Waals surface area (Å²) in [5, 5.41) is 0. The maximum Gasteiger partial charge on any atom is 0.339 e. The first kappa shape index (κ1) is 22.0. The van der Waals surface area contributed by atoms with Crippen LogP contribution in [0.3, 0.4) is 0 Å². The van der Waals surface area contributed by atoms with E-state index in [4.69, 9.17) is 8.92 Å². The Kier molecular flexibility index (Phi) is 6.94. The minimum absolute atomic E-state index is 0.0952. The minimum Gasteiger partial charge on any atom is -0.481 e. The molecule has 3 aromatic rings. The van der Waals surface area contributed by atoms with Crippen molar-refractivity contribution in [2.24, 2.45) is 0 Å². The number of carbonyl (C=O) groups is 1. The molecule has 7 heteroatoms. The molecule has 3 rings (SSSR count). The molecule has 3 aromatic carbocycles. The first-order valence-corrected chi connectivity index (χ1v) is 11.5. The van der Waals surface area contributed by atoms with Crippen LogP contribution in [0.15, 0.2) is 84.3 Å². The van der Waals surface area contributed by atoms with E-state index in [1.54, 1.807) is 60.7 Å². The van der Waals surface area contributed by atoms with Gasteiger partial charge in [-0.3, -0.25) is 4.79 Å². The van der Waals surface area contributed by atoms with E-state index in [0.29, 0.717) is 11.3 Å². The van der Waals surface area contributed by atoms with Crippen molar-refractivity contribution in [2.75, 3.05) is 0 Å². The van der Waals surface area contributed by atoms with Gasteiger partial charge in [0.15, 0.2) is 0 Å². The molecule has 0 unspecified atom stereocenters. The van der Waals surface area contributed by atoms with E-state index in [9.17, 15) is 13.2 Å². The molecule has 0 aliphatic rings. The lowest BCUT2D eigenvalue weighted by molar-refractivity contribution is 0.112. The van der Waals surface area contributed by atoms with Crippen molar-refractivity contribution in [3.8, 4) is 11.5 Å². The van der Waals surface area contributed by atoms with Gasteiger partial charge in [0.2, 0.25) is 0 Å². The number of aldehydes is 1. The SMILES string of the molecule is C=C[C@@H](Oc1ccc(C=O)cc1I)c1ccc(OS(=O)(=O)c2ccc(C)cc2)cc1. The van der Waals surface area contributed by atoms with Gasteiger partial charge >= 0.3 is 10.1 Å². The van der Waals surface area contributed by atoms with Gasteiger partial charge in [-0.05, 0) is 83.6 Å². The Morgan fingerprint density at radius 3 is 2.23 bits per heavy atom. The van der Waals surface area contributed by atoms with Crippen molar-refractivity contribution in [3.63, 3.8) is 0 Å². The van der Waals surface area contributed by atoms with E-state index >= 15 is 0 Å². The zero-order valence-corrected chi connectivity index (χ0v) is 19.1. The third-order valence-electron chi connectivity index (χ3n) is 4.28. The van der Waals surface area contributed by atoms with E-state index in [0.717, 1.165) is 21.0 Å². The first-order valence-electron chi connectivity index (χ1n) is 8.97. The molecule has 0 bridgehead atoms. The molecule has 0 N–H and O–H groups in total. The lowest BCUT2D eigenvalue weighted by Gasteiger charge is -2.17. The van der Waals surface area contributed by atoms with Crippen LogP contribution in [-0.4, -0.2) is 14.7 Å². The number of carbonyl (C=O) groups excluding carboxylic acids is 1. The normalized spacial score (nSPS) is 12.1.